The number of oxazole rings is 1. The molecule has 1 N–H and O–H groups in total. The molecule has 23 heavy (non-hydrogen) atoms. The quantitative estimate of drug-likeness (QED) is 0.628. The number of benzene rings is 2. The molecule has 3 rings (SSSR count). The highest BCUT2D eigenvalue weighted by Crippen LogP contribution is 2.25. The summed E-state index contributed by atoms with van der Waals surface area (Å²) < 4.78 is 6.45. The first-order chi connectivity index (χ1) is 10.9. The molecule has 1 aromatic heterocycles. The molecule has 0 fully saturated rings. The highest BCUT2D eigenvalue weighted by molar-refractivity contribution is 9.10. The predicted octanol–water partition coefficient (Wildman–Crippen LogP) is 5.62. The summed E-state index contributed by atoms with van der Waals surface area (Å²) in [5, 5.41) is 3.23. The number of nitrogens with zero attached hydrogens (tertiary/aromatic N) is 1. The largest absolute Gasteiger partial charge is 0.440 e. The van der Waals surface area contributed by atoms with Crippen LogP contribution in [0.3, 0.4) is 0 Å². The standard InChI is InChI=1S/C17H14BrClN2O2/c1-9(2)17-21-14-8-11(4-6-15(14)23-17)20-16(22)12-7-10(18)3-5-13(12)19/h3-9H,1-2H3,(H,20,22). The smallest absolute Gasteiger partial charge is 0.257 e. The zero-order valence-corrected chi connectivity index (χ0v) is 14.9. The normalized spacial score (nSPS) is 11.2. The van der Waals surface area contributed by atoms with Gasteiger partial charge in [0, 0.05) is 16.1 Å². The third kappa shape index (κ3) is 3.41. The second-order valence-electron chi connectivity index (χ2n) is 5.47. The van der Waals surface area contributed by atoms with Crippen molar-refractivity contribution >= 4 is 50.2 Å². The summed E-state index contributed by atoms with van der Waals surface area (Å²) in [7, 11) is 0. The number of aromatic nitrogens is 1. The fourth-order valence-electron chi connectivity index (χ4n) is 2.14. The van der Waals surface area contributed by atoms with Gasteiger partial charge in [0.05, 0.1) is 10.6 Å². The van der Waals surface area contributed by atoms with Crippen LogP contribution in [-0.4, -0.2) is 10.9 Å². The first-order valence-electron chi connectivity index (χ1n) is 7.11. The Kier molecular flexibility index (Phi) is 4.41. The predicted molar refractivity (Wildman–Crippen MR) is 95.2 cm³/mol. The Hall–Kier alpha value is -1.85. The van der Waals surface area contributed by atoms with Crippen LogP contribution in [0, 0.1) is 0 Å². The van der Waals surface area contributed by atoms with Crippen LogP contribution in [0.5, 0.6) is 0 Å². The average molecular weight is 394 g/mol. The van der Waals surface area contributed by atoms with Crippen LogP contribution in [0.25, 0.3) is 11.1 Å². The van der Waals surface area contributed by atoms with Gasteiger partial charge < -0.3 is 9.73 Å². The highest BCUT2D eigenvalue weighted by Gasteiger charge is 2.13. The van der Waals surface area contributed by atoms with Crippen molar-refractivity contribution in [1.29, 1.82) is 0 Å². The van der Waals surface area contributed by atoms with E-state index < -0.39 is 0 Å². The number of rotatable bonds is 3. The highest BCUT2D eigenvalue weighted by atomic mass is 79.9. The third-order valence-corrected chi connectivity index (χ3v) is 4.15. The molecule has 0 radical (unpaired) electrons. The van der Waals surface area contributed by atoms with Crippen LogP contribution in [-0.2, 0) is 0 Å². The average Bonchev–Trinajstić information content (AvgIpc) is 2.93. The molecule has 0 unspecified atom stereocenters. The molecular weight excluding hydrogens is 380 g/mol. The molecule has 0 aliphatic heterocycles. The van der Waals surface area contributed by atoms with Crippen LogP contribution in [0.2, 0.25) is 5.02 Å². The van der Waals surface area contributed by atoms with Gasteiger partial charge in [0.25, 0.3) is 5.91 Å². The fourth-order valence-corrected chi connectivity index (χ4v) is 2.70. The molecule has 0 saturated carbocycles. The van der Waals surface area contributed by atoms with Crippen molar-refractivity contribution in [3.05, 3.63) is 57.3 Å². The minimum Gasteiger partial charge on any atom is -0.440 e. The number of fused-ring (bicyclic) bond motifs is 1. The van der Waals surface area contributed by atoms with Gasteiger partial charge in [-0.2, -0.15) is 0 Å². The van der Waals surface area contributed by atoms with Crippen LogP contribution in [0.1, 0.15) is 36.0 Å². The van der Waals surface area contributed by atoms with E-state index >= 15 is 0 Å². The molecule has 4 nitrogen and oxygen atoms in total. The number of amides is 1. The Morgan fingerprint density at radius 2 is 2.04 bits per heavy atom. The number of nitrogens with one attached hydrogen (secondary N) is 1. The van der Waals surface area contributed by atoms with Gasteiger partial charge >= 0.3 is 0 Å². The number of anilines is 1. The summed E-state index contributed by atoms with van der Waals surface area (Å²) in [5.74, 6) is 0.614. The van der Waals surface area contributed by atoms with Crippen molar-refractivity contribution in [2.45, 2.75) is 19.8 Å². The fraction of sp³-hybridized carbons (Fsp3) is 0.176. The molecule has 118 valence electrons. The van der Waals surface area contributed by atoms with E-state index in [9.17, 15) is 4.79 Å². The van der Waals surface area contributed by atoms with Crippen LogP contribution in [0.4, 0.5) is 5.69 Å². The minimum atomic E-state index is -0.275. The second-order valence-corrected chi connectivity index (χ2v) is 6.79. The molecule has 1 amide bonds. The van der Waals surface area contributed by atoms with E-state index in [1.807, 2.05) is 13.8 Å². The van der Waals surface area contributed by atoms with E-state index in [0.717, 1.165) is 4.47 Å². The van der Waals surface area contributed by atoms with E-state index in [1.54, 1.807) is 36.4 Å². The Morgan fingerprint density at radius 1 is 1.26 bits per heavy atom. The maximum Gasteiger partial charge on any atom is 0.257 e. The van der Waals surface area contributed by atoms with Crippen LogP contribution in [0.15, 0.2) is 45.3 Å². The van der Waals surface area contributed by atoms with Gasteiger partial charge in [0.2, 0.25) is 0 Å². The van der Waals surface area contributed by atoms with Gasteiger partial charge in [0.1, 0.15) is 5.52 Å². The molecular formula is C17H14BrClN2O2. The lowest BCUT2D eigenvalue weighted by atomic mass is 10.2. The van der Waals surface area contributed by atoms with Gasteiger partial charge in [-0.3, -0.25) is 4.79 Å². The lowest BCUT2D eigenvalue weighted by molar-refractivity contribution is 0.102. The molecule has 0 aliphatic rings. The van der Waals surface area contributed by atoms with Crippen molar-refractivity contribution < 1.29 is 9.21 Å². The SMILES string of the molecule is CC(C)c1nc2cc(NC(=O)c3cc(Br)ccc3Cl)ccc2o1. The molecule has 0 atom stereocenters. The minimum absolute atomic E-state index is 0.209. The van der Waals surface area contributed by atoms with E-state index in [1.165, 1.54) is 0 Å². The summed E-state index contributed by atoms with van der Waals surface area (Å²) in [4.78, 5) is 16.8. The lowest BCUT2D eigenvalue weighted by Crippen LogP contribution is -2.12. The lowest BCUT2D eigenvalue weighted by Gasteiger charge is -2.07. The van der Waals surface area contributed by atoms with E-state index in [0.29, 0.717) is 33.3 Å². The van der Waals surface area contributed by atoms with Crippen LogP contribution < -0.4 is 5.32 Å². The van der Waals surface area contributed by atoms with E-state index in [2.05, 4.69) is 26.2 Å². The van der Waals surface area contributed by atoms with Crippen molar-refractivity contribution in [2.75, 3.05) is 5.32 Å². The Labute approximate surface area is 147 Å². The Morgan fingerprint density at radius 3 is 2.78 bits per heavy atom. The Balaban J connectivity index is 1.88. The summed E-state index contributed by atoms with van der Waals surface area (Å²) in [6, 6.07) is 10.5. The first-order valence-corrected chi connectivity index (χ1v) is 8.28. The van der Waals surface area contributed by atoms with E-state index in [-0.39, 0.29) is 11.8 Å². The molecule has 0 bridgehead atoms. The van der Waals surface area contributed by atoms with Gasteiger partial charge in [-0.25, -0.2) is 4.98 Å². The van der Waals surface area contributed by atoms with Crippen molar-refractivity contribution in [3.63, 3.8) is 0 Å². The molecule has 0 aliphatic carbocycles. The third-order valence-electron chi connectivity index (χ3n) is 3.33. The maximum absolute atomic E-state index is 12.4. The summed E-state index contributed by atoms with van der Waals surface area (Å²) >= 11 is 9.42. The number of carbonyl (C=O) groups excluding carboxylic acids is 1. The van der Waals surface area contributed by atoms with Gasteiger partial charge in [-0.15, -0.1) is 0 Å². The van der Waals surface area contributed by atoms with Crippen molar-refractivity contribution in [2.24, 2.45) is 0 Å². The monoisotopic (exact) mass is 392 g/mol. The number of carbonyl (C=O) groups is 1. The molecule has 2 aromatic carbocycles. The van der Waals surface area contributed by atoms with Gasteiger partial charge in [0.15, 0.2) is 11.5 Å². The maximum atomic E-state index is 12.4. The first kappa shape index (κ1) is 16.0. The summed E-state index contributed by atoms with van der Waals surface area (Å²) in [6.07, 6.45) is 0. The van der Waals surface area contributed by atoms with Gasteiger partial charge in [-0.05, 0) is 36.4 Å². The molecule has 0 spiro atoms. The van der Waals surface area contributed by atoms with Crippen molar-refractivity contribution in [3.8, 4) is 0 Å². The molecule has 3 aromatic rings. The summed E-state index contributed by atoms with van der Waals surface area (Å²) in [5.41, 5.74) is 2.46. The molecule has 1 heterocycles. The topological polar surface area (TPSA) is 55.1 Å². The second kappa shape index (κ2) is 6.34. The Bertz CT molecular complexity index is 889. The van der Waals surface area contributed by atoms with Crippen molar-refractivity contribution in [1.82, 2.24) is 4.98 Å². The number of hydrogen-bond acceptors (Lipinski definition) is 3. The zero-order chi connectivity index (χ0) is 16.6. The van der Waals surface area contributed by atoms with Crippen LogP contribution >= 0.6 is 27.5 Å². The number of hydrogen-bond donors (Lipinski definition) is 1. The van der Waals surface area contributed by atoms with Gasteiger partial charge in [-0.1, -0.05) is 41.4 Å². The van der Waals surface area contributed by atoms with E-state index in [4.69, 9.17) is 16.0 Å². The summed E-state index contributed by atoms with van der Waals surface area (Å²) in [6.45, 7) is 4.03. The zero-order valence-electron chi connectivity index (χ0n) is 12.6. The number of halogens is 2. The molecule has 6 heteroatoms. The molecule has 0 saturated heterocycles.